The molecule has 0 bridgehead atoms. The van der Waals surface area contributed by atoms with E-state index < -0.39 is 0 Å². The molecular formula is C23H24FN3O2. The van der Waals surface area contributed by atoms with Crippen LogP contribution < -0.4 is 0 Å². The minimum absolute atomic E-state index is 0.0883. The molecule has 0 radical (unpaired) electrons. The molecule has 1 fully saturated rings. The summed E-state index contributed by atoms with van der Waals surface area (Å²) in [5, 5.41) is 0. The van der Waals surface area contributed by atoms with Gasteiger partial charge in [-0.2, -0.15) is 0 Å². The monoisotopic (exact) mass is 393 g/mol. The van der Waals surface area contributed by atoms with Gasteiger partial charge in [0.15, 0.2) is 0 Å². The number of carbonyl (C=O) groups is 1. The summed E-state index contributed by atoms with van der Waals surface area (Å²) in [6, 6.07) is 14.0. The lowest BCUT2D eigenvalue weighted by Gasteiger charge is -2.21. The minimum atomic E-state index is -0.312. The molecule has 1 saturated heterocycles. The van der Waals surface area contributed by atoms with Gasteiger partial charge in [0.25, 0.3) is 5.91 Å². The van der Waals surface area contributed by atoms with Crippen LogP contribution in [0.2, 0.25) is 0 Å². The highest BCUT2D eigenvalue weighted by atomic mass is 19.1. The summed E-state index contributed by atoms with van der Waals surface area (Å²) in [5.74, 6) is 0.198. The normalized spacial score (nSPS) is 15.3. The Hall–Kier alpha value is -2.99. The van der Waals surface area contributed by atoms with Gasteiger partial charge in [-0.15, -0.1) is 0 Å². The zero-order valence-corrected chi connectivity index (χ0v) is 16.5. The van der Waals surface area contributed by atoms with Crippen molar-refractivity contribution < 1.29 is 13.6 Å². The van der Waals surface area contributed by atoms with E-state index in [0.717, 1.165) is 42.9 Å². The van der Waals surface area contributed by atoms with Crippen LogP contribution in [0.1, 0.15) is 28.0 Å². The Balaban J connectivity index is 1.37. The van der Waals surface area contributed by atoms with E-state index in [-0.39, 0.29) is 11.7 Å². The number of halogens is 1. The van der Waals surface area contributed by atoms with Gasteiger partial charge in [0, 0.05) is 43.9 Å². The first-order chi connectivity index (χ1) is 14.1. The molecule has 4 rings (SSSR count). The maximum Gasteiger partial charge on any atom is 0.253 e. The first-order valence-corrected chi connectivity index (χ1v) is 9.87. The van der Waals surface area contributed by atoms with E-state index in [1.807, 2.05) is 36.1 Å². The van der Waals surface area contributed by atoms with Crippen LogP contribution in [0.25, 0.3) is 11.5 Å². The van der Waals surface area contributed by atoms with Gasteiger partial charge >= 0.3 is 0 Å². The third kappa shape index (κ3) is 4.71. The molecular weight excluding hydrogens is 369 g/mol. The third-order valence-electron chi connectivity index (χ3n) is 5.15. The van der Waals surface area contributed by atoms with Gasteiger partial charge in [0.05, 0.1) is 5.69 Å². The Kier molecular flexibility index (Phi) is 5.71. The number of aryl methyl sites for hydroxylation is 1. The van der Waals surface area contributed by atoms with E-state index >= 15 is 0 Å². The Morgan fingerprint density at radius 2 is 1.97 bits per heavy atom. The predicted molar refractivity (Wildman–Crippen MR) is 109 cm³/mol. The van der Waals surface area contributed by atoms with E-state index in [4.69, 9.17) is 4.42 Å². The Morgan fingerprint density at radius 1 is 1.10 bits per heavy atom. The second-order valence-corrected chi connectivity index (χ2v) is 7.45. The Morgan fingerprint density at radius 3 is 2.79 bits per heavy atom. The van der Waals surface area contributed by atoms with Gasteiger partial charge < -0.3 is 9.32 Å². The highest BCUT2D eigenvalue weighted by molar-refractivity contribution is 5.94. The fraction of sp³-hybridized carbons (Fsp3) is 0.304. The van der Waals surface area contributed by atoms with Gasteiger partial charge in [-0.1, -0.05) is 23.8 Å². The zero-order chi connectivity index (χ0) is 20.2. The van der Waals surface area contributed by atoms with Gasteiger partial charge in [0.1, 0.15) is 12.1 Å². The molecule has 1 aromatic heterocycles. The standard InChI is InChI=1S/C23H24FN3O2/c1-17-5-2-7-19(13-17)23(28)27-10-4-9-26(11-12-27)15-21-16-29-22(25-21)18-6-3-8-20(24)14-18/h2-3,5-8,13-14,16H,4,9-12,15H2,1H3. The van der Waals surface area contributed by atoms with Crippen molar-refractivity contribution >= 4 is 5.91 Å². The lowest BCUT2D eigenvalue weighted by molar-refractivity contribution is 0.0761. The van der Waals surface area contributed by atoms with Crippen molar-refractivity contribution in [3.05, 3.63) is 77.4 Å². The molecule has 3 aromatic rings. The molecule has 6 heteroatoms. The summed E-state index contributed by atoms with van der Waals surface area (Å²) in [7, 11) is 0. The number of benzene rings is 2. The van der Waals surface area contributed by atoms with Crippen molar-refractivity contribution in [3.63, 3.8) is 0 Å². The van der Waals surface area contributed by atoms with Crippen LogP contribution in [0.4, 0.5) is 4.39 Å². The summed E-state index contributed by atoms with van der Waals surface area (Å²) in [4.78, 5) is 21.5. The number of amides is 1. The van der Waals surface area contributed by atoms with Crippen molar-refractivity contribution in [2.45, 2.75) is 19.9 Å². The summed E-state index contributed by atoms with van der Waals surface area (Å²) in [6.07, 6.45) is 2.53. The number of oxazole rings is 1. The summed E-state index contributed by atoms with van der Waals surface area (Å²) < 4.78 is 19.0. The molecule has 150 valence electrons. The number of aromatic nitrogens is 1. The minimum Gasteiger partial charge on any atom is -0.444 e. The molecule has 0 unspecified atom stereocenters. The molecule has 0 spiro atoms. The number of hydrogen-bond acceptors (Lipinski definition) is 4. The number of nitrogens with zero attached hydrogens (tertiary/aromatic N) is 3. The lowest BCUT2D eigenvalue weighted by atomic mass is 10.1. The number of hydrogen-bond donors (Lipinski definition) is 0. The van der Waals surface area contributed by atoms with Crippen LogP contribution in [0.5, 0.6) is 0 Å². The van der Waals surface area contributed by atoms with Crippen LogP contribution in [-0.2, 0) is 6.54 Å². The summed E-state index contributed by atoms with van der Waals surface area (Å²) in [5.41, 5.74) is 3.27. The van der Waals surface area contributed by atoms with Crippen molar-refractivity contribution in [2.24, 2.45) is 0 Å². The molecule has 1 aliphatic rings. The molecule has 0 atom stereocenters. The predicted octanol–water partition coefficient (Wildman–Crippen LogP) is 4.14. The highest BCUT2D eigenvalue weighted by Crippen LogP contribution is 2.20. The average Bonchev–Trinajstić information content (AvgIpc) is 3.06. The Bertz CT molecular complexity index is 1000. The van der Waals surface area contributed by atoms with Crippen LogP contribution >= 0.6 is 0 Å². The smallest absolute Gasteiger partial charge is 0.253 e. The molecule has 0 aliphatic carbocycles. The van der Waals surface area contributed by atoms with E-state index in [1.165, 1.54) is 12.1 Å². The van der Waals surface area contributed by atoms with Crippen molar-refractivity contribution in [1.82, 2.24) is 14.8 Å². The fourth-order valence-electron chi connectivity index (χ4n) is 3.66. The zero-order valence-electron chi connectivity index (χ0n) is 16.5. The van der Waals surface area contributed by atoms with Crippen LogP contribution in [0.3, 0.4) is 0 Å². The van der Waals surface area contributed by atoms with Crippen molar-refractivity contribution in [1.29, 1.82) is 0 Å². The largest absolute Gasteiger partial charge is 0.444 e. The summed E-state index contributed by atoms with van der Waals surface area (Å²) in [6.45, 7) is 5.74. The van der Waals surface area contributed by atoms with Gasteiger partial charge in [0.2, 0.25) is 5.89 Å². The molecule has 29 heavy (non-hydrogen) atoms. The van der Waals surface area contributed by atoms with E-state index in [9.17, 15) is 9.18 Å². The van der Waals surface area contributed by atoms with Gasteiger partial charge in [-0.3, -0.25) is 9.69 Å². The van der Waals surface area contributed by atoms with E-state index in [2.05, 4.69) is 9.88 Å². The quantitative estimate of drug-likeness (QED) is 0.669. The molecule has 0 N–H and O–H groups in total. The average molecular weight is 393 g/mol. The van der Waals surface area contributed by atoms with E-state index in [1.54, 1.807) is 18.4 Å². The highest BCUT2D eigenvalue weighted by Gasteiger charge is 2.21. The molecule has 5 nitrogen and oxygen atoms in total. The SMILES string of the molecule is Cc1cccc(C(=O)N2CCCN(Cc3coc(-c4cccc(F)c4)n3)CC2)c1. The maximum atomic E-state index is 13.4. The molecule has 2 heterocycles. The second kappa shape index (κ2) is 8.57. The number of rotatable bonds is 4. The number of carbonyl (C=O) groups excluding carboxylic acids is 1. The lowest BCUT2D eigenvalue weighted by Crippen LogP contribution is -2.35. The third-order valence-corrected chi connectivity index (χ3v) is 5.15. The second-order valence-electron chi connectivity index (χ2n) is 7.45. The molecule has 0 saturated carbocycles. The first-order valence-electron chi connectivity index (χ1n) is 9.87. The van der Waals surface area contributed by atoms with Crippen LogP contribution in [-0.4, -0.2) is 46.9 Å². The first kappa shape index (κ1) is 19.3. The topological polar surface area (TPSA) is 49.6 Å². The molecule has 1 aliphatic heterocycles. The summed E-state index contributed by atoms with van der Waals surface area (Å²) >= 11 is 0. The van der Waals surface area contributed by atoms with Crippen LogP contribution in [0, 0.1) is 12.7 Å². The molecule has 2 aromatic carbocycles. The maximum absolute atomic E-state index is 13.4. The van der Waals surface area contributed by atoms with E-state index in [0.29, 0.717) is 24.5 Å². The van der Waals surface area contributed by atoms with Gasteiger partial charge in [-0.05, 0) is 43.7 Å². The van der Waals surface area contributed by atoms with Gasteiger partial charge in [-0.25, -0.2) is 9.37 Å². The molecule has 1 amide bonds. The fourth-order valence-corrected chi connectivity index (χ4v) is 3.66. The van der Waals surface area contributed by atoms with Crippen LogP contribution in [0.15, 0.2) is 59.2 Å². The van der Waals surface area contributed by atoms with Crippen molar-refractivity contribution in [3.8, 4) is 11.5 Å². The van der Waals surface area contributed by atoms with Crippen molar-refractivity contribution in [2.75, 3.05) is 26.2 Å². The Labute approximate surface area is 169 Å².